The van der Waals surface area contributed by atoms with Gasteiger partial charge in [-0.25, -0.2) is 0 Å². The highest BCUT2D eigenvalue weighted by molar-refractivity contribution is 4.95. The molecule has 0 rings (SSSR count). The Balaban J connectivity index is 0. The normalized spacial score (nSPS) is 13.0. The largest absolute Gasteiger partial charge is 0.344 e. The molecule has 0 saturated heterocycles. The highest BCUT2D eigenvalue weighted by Crippen LogP contribution is 2.24. The monoisotopic (exact) mass is 386 g/mol. The van der Waals surface area contributed by atoms with Gasteiger partial charge >= 0.3 is 0 Å². The molecule has 0 spiro atoms. The van der Waals surface area contributed by atoms with E-state index in [1.54, 1.807) is 0 Å². The number of nitrogens with zero attached hydrogens (tertiary/aromatic N) is 1. The molecule has 1 unspecified atom stereocenters. The van der Waals surface area contributed by atoms with E-state index in [-0.39, 0.29) is 17.7 Å². The van der Waals surface area contributed by atoms with Gasteiger partial charge in [0.2, 0.25) is 0 Å². The van der Waals surface area contributed by atoms with E-state index in [1.165, 1.54) is 90.1 Å². The predicted octanol–water partition coefficient (Wildman–Crippen LogP) is 6.02. The van der Waals surface area contributed by atoms with Gasteiger partial charge < -0.3 is 22.5 Å². The summed E-state index contributed by atoms with van der Waals surface area (Å²) in [7, 11) is 0. The highest BCUT2D eigenvalue weighted by atomic mass is 15.1. The molecule has 0 bridgehead atoms. The molecule has 0 amide bonds. The number of nitrogens with two attached hydrogens (primary N) is 2. The average Bonchev–Trinajstić information content (AvgIpc) is 2.62. The molecular weight excluding hydrogens is 332 g/mol. The third-order valence-corrected chi connectivity index (χ3v) is 5.84. The Kier molecular flexibility index (Phi) is 20.6. The fraction of sp³-hybridized carbons (Fsp3) is 1.00. The summed E-state index contributed by atoms with van der Waals surface area (Å²) < 4.78 is 0. The second-order valence-electron chi connectivity index (χ2n) is 8.47. The van der Waals surface area contributed by atoms with Gasteiger partial charge in [0.05, 0.1) is 0 Å². The first-order chi connectivity index (χ1) is 12.5. The lowest BCUT2D eigenvalue weighted by Gasteiger charge is -2.39. The molecule has 0 aromatic carbocycles. The molecule has 0 radical (unpaired) electrons. The zero-order valence-electron chi connectivity index (χ0n) is 19.4. The summed E-state index contributed by atoms with van der Waals surface area (Å²) in [5, 5.41) is 0. The zero-order valence-corrected chi connectivity index (χ0v) is 19.4. The van der Waals surface area contributed by atoms with Crippen LogP contribution < -0.4 is 17.6 Å². The minimum Gasteiger partial charge on any atom is -0.344 e. The quantitative estimate of drug-likeness (QED) is 0.237. The van der Waals surface area contributed by atoms with Gasteiger partial charge in [0, 0.05) is 18.1 Å². The Morgan fingerprint density at radius 1 is 0.667 bits per heavy atom. The van der Waals surface area contributed by atoms with Crippen LogP contribution in [-0.2, 0) is 0 Å². The molecule has 0 aromatic rings. The van der Waals surface area contributed by atoms with Crippen molar-refractivity contribution in [3.05, 3.63) is 0 Å². The summed E-state index contributed by atoms with van der Waals surface area (Å²) in [4.78, 5) is 2.61. The van der Waals surface area contributed by atoms with Gasteiger partial charge in [-0.15, -0.1) is 0 Å². The summed E-state index contributed by atoms with van der Waals surface area (Å²) >= 11 is 0. The third kappa shape index (κ3) is 14.5. The first-order valence-corrected chi connectivity index (χ1v) is 11.8. The van der Waals surface area contributed by atoms with E-state index in [0.717, 1.165) is 19.4 Å². The molecule has 0 aromatic heterocycles. The topological polar surface area (TPSA) is 90.3 Å². The summed E-state index contributed by atoms with van der Waals surface area (Å²) in [6, 6.07) is 0.0967. The first kappa shape index (κ1) is 29.0. The van der Waals surface area contributed by atoms with Crippen molar-refractivity contribution in [2.75, 3.05) is 19.6 Å². The minimum absolute atomic E-state index is 0. The smallest absolute Gasteiger partial charge is 0.0351 e. The lowest BCUT2D eigenvalue weighted by atomic mass is 9.81. The molecule has 4 heteroatoms. The molecule has 0 aliphatic carbocycles. The van der Waals surface area contributed by atoms with E-state index in [4.69, 9.17) is 11.5 Å². The van der Waals surface area contributed by atoms with Crippen molar-refractivity contribution in [1.29, 1.82) is 0 Å². The third-order valence-electron chi connectivity index (χ3n) is 5.84. The first-order valence-electron chi connectivity index (χ1n) is 11.8. The zero-order chi connectivity index (χ0) is 19.7. The van der Waals surface area contributed by atoms with Crippen molar-refractivity contribution in [3.8, 4) is 0 Å². The molecule has 166 valence electrons. The van der Waals surface area contributed by atoms with Crippen LogP contribution in [0, 0.1) is 0 Å². The maximum Gasteiger partial charge on any atom is 0.0351 e. The van der Waals surface area contributed by atoms with Crippen molar-refractivity contribution in [1.82, 2.24) is 11.1 Å². The van der Waals surface area contributed by atoms with Gasteiger partial charge in [-0.2, -0.15) is 0 Å². The Hall–Kier alpha value is -0.160. The molecule has 0 aliphatic heterocycles. The average molecular weight is 387 g/mol. The van der Waals surface area contributed by atoms with Crippen molar-refractivity contribution in [2.45, 2.75) is 129 Å². The van der Waals surface area contributed by atoms with Crippen LogP contribution in [0.15, 0.2) is 0 Å². The van der Waals surface area contributed by atoms with Gasteiger partial charge in [0.15, 0.2) is 0 Å². The Morgan fingerprint density at radius 3 is 1.41 bits per heavy atom. The lowest BCUT2D eigenvalue weighted by molar-refractivity contribution is 0.188. The minimum atomic E-state index is -0.182. The second-order valence-corrected chi connectivity index (χ2v) is 8.47. The molecular formula is C23H54N4. The van der Waals surface area contributed by atoms with Gasteiger partial charge in [-0.05, 0) is 38.8 Å². The van der Waals surface area contributed by atoms with Crippen LogP contribution in [0.5, 0.6) is 0 Å². The molecule has 27 heavy (non-hydrogen) atoms. The highest BCUT2D eigenvalue weighted by Gasteiger charge is 2.32. The van der Waals surface area contributed by atoms with E-state index < -0.39 is 0 Å². The summed E-state index contributed by atoms with van der Waals surface area (Å²) in [6.07, 6.45) is 17.4. The maximum absolute atomic E-state index is 6.93. The van der Waals surface area contributed by atoms with Crippen LogP contribution in [0.25, 0.3) is 0 Å². The molecule has 0 heterocycles. The van der Waals surface area contributed by atoms with Gasteiger partial charge in [-0.3, -0.25) is 0 Å². The van der Waals surface area contributed by atoms with E-state index in [0.29, 0.717) is 0 Å². The van der Waals surface area contributed by atoms with Gasteiger partial charge in [-0.1, -0.05) is 91.9 Å². The fourth-order valence-electron chi connectivity index (χ4n) is 3.83. The van der Waals surface area contributed by atoms with Crippen LogP contribution >= 0.6 is 0 Å². The number of hydrogen-bond donors (Lipinski definition) is 3. The SMILES string of the molecule is CCCCCN(CCCCC)CC(N)C(N)(CCCCC)CCCCC.N. The maximum atomic E-state index is 6.93. The number of rotatable bonds is 19. The molecule has 7 N–H and O–H groups in total. The van der Waals surface area contributed by atoms with Crippen LogP contribution in [-0.4, -0.2) is 36.1 Å². The molecule has 0 fully saturated rings. The molecule has 4 nitrogen and oxygen atoms in total. The molecule has 0 saturated carbocycles. The van der Waals surface area contributed by atoms with Gasteiger partial charge in [0.1, 0.15) is 0 Å². The van der Waals surface area contributed by atoms with E-state index in [2.05, 4.69) is 32.6 Å². The molecule has 1 atom stereocenters. The Bertz CT molecular complexity index is 276. The van der Waals surface area contributed by atoms with Crippen LogP contribution in [0.1, 0.15) is 118 Å². The van der Waals surface area contributed by atoms with Gasteiger partial charge in [0.25, 0.3) is 0 Å². The number of hydrogen-bond acceptors (Lipinski definition) is 4. The Morgan fingerprint density at radius 2 is 1.04 bits per heavy atom. The lowest BCUT2D eigenvalue weighted by Crippen LogP contribution is -2.59. The van der Waals surface area contributed by atoms with Crippen molar-refractivity contribution >= 4 is 0 Å². The second kappa shape index (κ2) is 19.2. The standard InChI is InChI=1S/C23H51N3.H3N/c1-5-9-13-17-23(25,18-14-10-6-2)22(24)21-26(19-15-11-7-3)20-16-12-8-4;/h22H,5-21,24-25H2,1-4H3;1H3. The van der Waals surface area contributed by atoms with Crippen LogP contribution in [0.2, 0.25) is 0 Å². The number of unbranched alkanes of at least 4 members (excludes halogenated alkanes) is 8. The summed E-state index contributed by atoms with van der Waals surface area (Å²) in [5.41, 5.74) is 13.5. The van der Waals surface area contributed by atoms with Crippen molar-refractivity contribution < 1.29 is 0 Å². The molecule has 0 aliphatic rings. The van der Waals surface area contributed by atoms with Crippen molar-refractivity contribution in [3.63, 3.8) is 0 Å². The summed E-state index contributed by atoms with van der Waals surface area (Å²) in [6.45, 7) is 12.4. The van der Waals surface area contributed by atoms with E-state index in [1.807, 2.05) is 0 Å². The van der Waals surface area contributed by atoms with Crippen molar-refractivity contribution in [2.24, 2.45) is 11.5 Å². The predicted molar refractivity (Wildman–Crippen MR) is 124 cm³/mol. The Labute approximate surface area is 171 Å². The summed E-state index contributed by atoms with van der Waals surface area (Å²) in [5.74, 6) is 0. The fourth-order valence-corrected chi connectivity index (χ4v) is 3.83. The van der Waals surface area contributed by atoms with E-state index in [9.17, 15) is 0 Å². The van der Waals surface area contributed by atoms with E-state index >= 15 is 0 Å². The van der Waals surface area contributed by atoms with Crippen LogP contribution in [0.4, 0.5) is 0 Å². The van der Waals surface area contributed by atoms with Crippen LogP contribution in [0.3, 0.4) is 0 Å².